The summed E-state index contributed by atoms with van der Waals surface area (Å²) in [6, 6.07) is 7.02. The number of carbonyl (C=O) groups excluding carboxylic acids is 1. The number of non-ortho nitro benzene ring substituents is 1. The van der Waals surface area contributed by atoms with E-state index in [1.807, 2.05) is 0 Å². The van der Waals surface area contributed by atoms with Crippen LogP contribution in [0.2, 0.25) is 0 Å². The lowest BCUT2D eigenvalue weighted by atomic mass is 10.0. The number of nitrogens with one attached hydrogen (secondary N) is 1. The van der Waals surface area contributed by atoms with E-state index in [9.17, 15) is 23.7 Å². The fourth-order valence-electron chi connectivity index (χ4n) is 1.83. The molecule has 1 amide bonds. The Bertz CT molecular complexity index is 732. The van der Waals surface area contributed by atoms with Gasteiger partial charge in [0, 0.05) is 24.7 Å². The van der Waals surface area contributed by atoms with Gasteiger partial charge in [-0.05, 0) is 29.3 Å². The van der Waals surface area contributed by atoms with Crippen molar-refractivity contribution in [3.63, 3.8) is 0 Å². The van der Waals surface area contributed by atoms with E-state index in [-0.39, 0.29) is 16.9 Å². The van der Waals surface area contributed by atoms with Gasteiger partial charge in [-0.15, -0.1) is 0 Å². The normalized spacial score (nSPS) is 10.2. The first kappa shape index (κ1) is 14.6. The van der Waals surface area contributed by atoms with Gasteiger partial charge in [-0.1, -0.05) is 6.07 Å². The van der Waals surface area contributed by atoms with Gasteiger partial charge < -0.3 is 5.32 Å². The molecule has 0 aliphatic rings. The Kier molecular flexibility index (Phi) is 3.93. The first-order valence-corrected chi connectivity index (χ1v) is 5.89. The fourth-order valence-corrected chi connectivity index (χ4v) is 1.83. The van der Waals surface area contributed by atoms with Crippen molar-refractivity contribution >= 4 is 17.3 Å². The molecule has 0 fully saturated rings. The summed E-state index contributed by atoms with van der Waals surface area (Å²) in [6.07, 6.45) is 0. The number of nitro benzene ring substituents is 1. The van der Waals surface area contributed by atoms with Crippen LogP contribution in [-0.4, -0.2) is 10.8 Å². The molecule has 0 aromatic heterocycles. The Morgan fingerprint density at radius 3 is 2.38 bits per heavy atom. The predicted molar refractivity (Wildman–Crippen MR) is 72.8 cm³/mol. The molecule has 0 saturated carbocycles. The van der Waals surface area contributed by atoms with Crippen LogP contribution in [0.3, 0.4) is 0 Å². The van der Waals surface area contributed by atoms with Crippen LogP contribution in [-0.2, 0) is 4.79 Å². The monoisotopic (exact) mass is 292 g/mol. The Hall–Kier alpha value is -2.83. The van der Waals surface area contributed by atoms with Crippen molar-refractivity contribution in [1.82, 2.24) is 0 Å². The molecule has 0 unspecified atom stereocenters. The zero-order chi connectivity index (χ0) is 15.6. The minimum Gasteiger partial charge on any atom is -0.326 e. The second-order valence-corrected chi connectivity index (χ2v) is 4.34. The molecule has 0 radical (unpaired) electrons. The number of amides is 1. The Morgan fingerprint density at radius 1 is 1.10 bits per heavy atom. The summed E-state index contributed by atoms with van der Waals surface area (Å²) >= 11 is 0. The average Bonchev–Trinajstić information content (AvgIpc) is 2.40. The van der Waals surface area contributed by atoms with Gasteiger partial charge in [-0.3, -0.25) is 14.9 Å². The zero-order valence-corrected chi connectivity index (χ0v) is 10.9. The number of anilines is 1. The van der Waals surface area contributed by atoms with Crippen molar-refractivity contribution in [2.75, 3.05) is 5.32 Å². The molecule has 0 aliphatic carbocycles. The molecule has 0 saturated heterocycles. The lowest BCUT2D eigenvalue weighted by Gasteiger charge is -2.07. The van der Waals surface area contributed by atoms with E-state index in [1.54, 1.807) is 0 Å². The number of carbonyl (C=O) groups is 1. The van der Waals surface area contributed by atoms with Gasteiger partial charge in [0.25, 0.3) is 5.69 Å². The van der Waals surface area contributed by atoms with Crippen molar-refractivity contribution in [2.45, 2.75) is 6.92 Å². The molecule has 0 atom stereocenters. The largest absolute Gasteiger partial charge is 0.326 e. The summed E-state index contributed by atoms with van der Waals surface area (Å²) in [5, 5.41) is 13.3. The summed E-state index contributed by atoms with van der Waals surface area (Å²) in [4.78, 5) is 21.3. The van der Waals surface area contributed by atoms with Crippen LogP contribution >= 0.6 is 0 Å². The van der Waals surface area contributed by atoms with E-state index >= 15 is 0 Å². The highest BCUT2D eigenvalue weighted by Crippen LogP contribution is 2.29. The molecule has 2 aromatic carbocycles. The molecular formula is C14H10F2N2O3. The molecule has 2 aromatic rings. The second-order valence-electron chi connectivity index (χ2n) is 4.34. The average molecular weight is 292 g/mol. The predicted octanol–water partition coefficient (Wildman–Crippen LogP) is 3.50. The van der Waals surface area contributed by atoms with Crippen LogP contribution in [0.15, 0.2) is 36.4 Å². The summed E-state index contributed by atoms with van der Waals surface area (Å²) in [5.41, 5.74) is 0.508. The van der Waals surface area contributed by atoms with Crippen molar-refractivity contribution < 1.29 is 18.5 Å². The topological polar surface area (TPSA) is 72.2 Å². The smallest absolute Gasteiger partial charge is 0.272 e. The Balaban J connectivity index is 2.55. The first-order valence-electron chi connectivity index (χ1n) is 5.89. The molecule has 2 rings (SSSR count). The molecular weight excluding hydrogens is 282 g/mol. The molecule has 0 spiro atoms. The zero-order valence-electron chi connectivity index (χ0n) is 10.9. The molecule has 0 aliphatic heterocycles. The molecule has 0 heterocycles. The summed E-state index contributed by atoms with van der Waals surface area (Å²) in [7, 11) is 0. The van der Waals surface area contributed by atoms with E-state index < -0.39 is 22.5 Å². The highest BCUT2D eigenvalue weighted by Gasteiger charge is 2.13. The van der Waals surface area contributed by atoms with Gasteiger partial charge in [0.2, 0.25) is 5.91 Å². The third kappa shape index (κ3) is 3.38. The number of hydrogen-bond donors (Lipinski definition) is 1. The number of rotatable bonds is 3. The number of halogens is 2. The van der Waals surface area contributed by atoms with E-state index in [1.165, 1.54) is 31.2 Å². The molecule has 1 N–H and O–H groups in total. The molecule has 21 heavy (non-hydrogen) atoms. The third-order valence-corrected chi connectivity index (χ3v) is 2.70. The summed E-state index contributed by atoms with van der Waals surface area (Å²) < 4.78 is 26.2. The van der Waals surface area contributed by atoms with Gasteiger partial charge in [0.05, 0.1) is 4.92 Å². The Morgan fingerprint density at radius 2 is 1.81 bits per heavy atom. The van der Waals surface area contributed by atoms with Crippen molar-refractivity contribution in [3.05, 3.63) is 58.1 Å². The lowest BCUT2D eigenvalue weighted by molar-refractivity contribution is -0.384. The van der Waals surface area contributed by atoms with Crippen LogP contribution in [0, 0.1) is 21.7 Å². The number of hydrogen-bond acceptors (Lipinski definition) is 3. The fraction of sp³-hybridized carbons (Fsp3) is 0.0714. The van der Waals surface area contributed by atoms with Crippen LogP contribution < -0.4 is 5.32 Å². The lowest BCUT2D eigenvalue weighted by Crippen LogP contribution is -2.06. The molecule has 5 nitrogen and oxygen atoms in total. The van der Waals surface area contributed by atoms with Crippen LogP contribution in [0.25, 0.3) is 11.1 Å². The Labute approximate surface area is 118 Å². The summed E-state index contributed by atoms with van der Waals surface area (Å²) in [6.45, 7) is 1.26. The van der Waals surface area contributed by atoms with Crippen LogP contribution in [0.4, 0.5) is 20.2 Å². The highest BCUT2D eigenvalue weighted by atomic mass is 19.2. The minimum absolute atomic E-state index is 0.205. The standard InChI is InChI=1S/C14H10F2N2O3/c1-8(19)17-11-4-10(5-12(7-11)18(20)21)9-2-3-13(15)14(16)6-9/h2-7H,1H3,(H,17,19). The molecule has 0 bridgehead atoms. The van der Waals surface area contributed by atoms with Gasteiger partial charge in [-0.25, -0.2) is 8.78 Å². The number of nitro groups is 1. The minimum atomic E-state index is -1.06. The maximum absolute atomic E-state index is 13.3. The number of nitrogens with zero attached hydrogens (tertiary/aromatic N) is 1. The SMILES string of the molecule is CC(=O)Nc1cc(-c2ccc(F)c(F)c2)cc([N+](=O)[O-])c1. The van der Waals surface area contributed by atoms with Crippen molar-refractivity contribution in [1.29, 1.82) is 0 Å². The maximum atomic E-state index is 13.3. The van der Waals surface area contributed by atoms with E-state index in [0.29, 0.717) is 5.56 Å². The van der Waals surface area contributed by atoms with Gasteiger partial charge in [0.1, 0.15) is 0 Å². The molecule has 108 valence electrons. The maximum Gasteiger partial charge on any atom is 0.272 e. The summed E-state index contributed by atoms with van der Waals surface area (Å²) in [5.74, 6) is -2.46. The second kappa shape index (κ2) is 5.66. The molecule has 7 heteroatoms. The number of benzene rings is 2. The van der Waals surface area contributed by atoms with E-state index in [0.717, 1.165) is 12.1 Å². The van der Waals surface area contributed by atoms with E-state index in [4.69, 9.17) is 0 Å². The highest BCUT2D eigenvalue weighted by molar-refractivity contribution is 5.90. The van der Waals surface area contributed by atoms with Gasteiger partial charge >= 0.3 is 0 Å². The van der Waals surface area contributed by atoms with Crippen LogP contribution in [0.5, 0.6) is 0 Å². The van der Waals surface area contributed by atoms with Crippen molar-refractivity contribution in [3.8, 4) is 11.1 Å². The van der Waals surface area contributed by atoms with E-state index in [2.05, 4.69) is 5.32 Å². The van der Waals surface area contributed by atoms with Crippen LogP contribution in [0.1, 0.15) is 6.92 Å². The van der Waals surface area contributed by atoms with Crippen molar-refractivity contribution in [2.24, 2.45) is 0 Å². The van der Waals surface area contributed by atoms with Gasteiger partial charge in [0.15, 0.2) is 11.6 Å². The third-order valence-electron chi connectivity index (χ3n) is 2.70. The quantitative estimate of drug-likeness (QED) is 0.695. The first-order chi connectivity index (χ1) is 9.86. The van der Waals surface area contributed by atoms with Gasteiger partial charge in [-0.2, -0.15) is 0 Å².